The van der Waals surface area contributed by atoms with Gasteiger partial charge in [0.15, 0.2) is 0 Å². The van der Waals surface area contributed by atoms with Crippen LogP contribution >= 0.6 is 0 Å². The molecule has 3 nitrogen and oxygen atoms in total. The Morgan fingerprint density at radius 1 is 1.26 bits per heavy atom. The number of rotatable bonds is 3. The monoisotopic (exact) mass is 273 g/mol. The van der Waals surface area contributed by atoms with E-state index in [1.807, 2.05) is 0 Å². The molecule has 1 fully saturated rings. The number of anilines is 1. The quantitative estimate of drug-likeness (QED) is 0.890. The lowest BCUT2D eigenvalue weighted by Gasteiger charge is -2.32. The molecule has 0 amide bonds. The fraction of sp³-hybridized carbons (Fsp3) is 0.615. The smallest absolute Gasteiger partial charge is 0.381 e. The molecular formula is C13H18F3N3. The van der Waals surface area contributed by atoms with E-state index >= 15 is 0 Å². The zero-order chi connectivity index (χ0) is 13.9. The summed E-state index contributed by atoms with van der Waals surface area (Å²) >= 11 is 0. The Morgan fingerprint density at radius 2 is 2.00 bits per heavy atom. The first kappa shape index (κ1) is 14.1. The van der Waals surface area contributed by atoms with Crippen LogP contribution in [0.15, 0.2) is 18.3 Å². The maximum absolute atomic E-state index is 12.4. The molecule has 0 saturated heterocycles. The third kappa shape index (κ3) is 3.59. The summed E-state index contributed by atoms with van der Waals surface area (Å²) in [5, 5.41) is 3.25. The van der Waals surface area contributed by atoms with Gasteiger partial charge >= 0.3 is 6.18 Å². The molecule has 106 valence electrons. The zero-order valence-electron chi connectivity index (χ0n) is 10.6. The molecule has 2 rings (SSSR count). The molecule has 2 unspecified atom stereocenters. The number of aromatic nitrogens is 1. The average molecular weight is 273 g/mol. The minimum absolute atomic E-state index is 0.234. The van der Waals surface area contributed by atoms with Gasteiger partial charge in [0.1, 0.15) is 5.69 Å². The number of nitrogens with one attached hydrogen (secondary N) is 1. The lowest BCUT2D eigenvalue weighted by molar-refractivity contribution is -0.141. The van der Waals surface area contributed by atoms with Crippen molar-refractivity contribution >= 4 is 5.69 Å². The van der Waals surface area contributed by atoms with Crippen molar-refractivity contribution in [3.63, 3.8) is 0 Å². The highest BCUT2D eigenvalue weighted by molar-refractivity contribution is 5.42. The molecule has 6 heteroatoms. The average Bonchev–Trinajstić information content (AvgIpc) is 2.39. The van der Waals surface area contributed by atoms with Gasteiger partial charge in [0.2, 0.25) is 0 Å². The van der Waals surface area contributed by atoms with Crippen molar-refractivity contribution in [1.29, 1.82) is 0 Å². The minimum Gasteiger partial charge on any atom is -0.381 e. The van der Waals surface area contributed by atoms with Crippen molar-refractivity contribution in [1.82, 2.24) is 4.98 Å². The Balaban J connectivity index is 2.02. The molecule has 0 aliphatic heterocycles. The second-order valence-electron chi connectivity index (χ2n) is 4.96. The molecule has 1 aromatic heterocycles. The van der Waals surface area contributed by atoms with Crippen LogP contribution in [0.4, 0.5) is 18.9 Å². The van der Waals surface area contributed by atoms with Crippen molar-refractivity contribution in [2.75, 3.05) is 11.9 Å². The van der Waals surface area contributed by atoms with Gasteiger partial charge in [-0.2, -0.15) is 13.2 Å². The van der Waals surface area contributed by atoms with Gasteiger partial charge in [0.05, 0.1) is 11.9 Å². The summed E-state index contributed by atoms with van der Waals surface area (Å²) < 4.78 is 37.2. The molecule has 0 spiro atoms. The summed E-state index contributed by atoms with van der Waals surface area (Å²) in [6.07, 6.45) is 1.23. The number of pyridine rings is 1. The highest BCUT2D eigenvalue weighted by Gasteiger charge is 2.32. The lowest BCUT2D eigenvalue weighted by Crippen LogP contribution is -2.36. The molecule has 1 heterocycles. The molecule has 0 aromatic carbocycles. The molecule has 19 heavy (non-hydrogen) atoms. The van der Waals surface area contributed by atoms with E-state index in [0.29, 0.717) is 18.2 Å². The predicted molar refractivity (Wildman–Crippen MR) is 67.7 cm³/mol. The summed E-state index contributed by atoms with van der Waals surface area (Å²) in [6, 6.07) is 2.66. The van der Waals surface area contributed by atoms with E-state index in [9.17, 15) is 13.2 Å². The number of hydrogen-bond donors (Lipinski definition) is 2. The Labute approximate surface area is 110 Å². The van der Waals surface area contributed by atoms with Crippen LogP contribution in [0.1, 0.15) is 31.4 Å². The van der Waals surface area contributed by atoms with Gasteiger partial charge in [0.25, 0.3) is 0 Å². The topological polar surface area (TPSA) is 50.9 Å². The Hall–Kier alpha value is -1.30. The van der Waals surface area contributed by atoms with Crippen LogP contribution in [0.5, 0.6) is 0 Å². The van der Waals surface area contributed by atoms with E-state index in [1.165, 1.54) is 18.7 Å². The Morgan fingerprint density at radius 3 is 2.58 bits per heavy atom. The largest absolute Gasteiger partial charge is 0.433 e. The van der Waals surface area contributed by atoms with Gasteiger partial charge in [-0.1, -0.05) is 12.8 Å². The maximum atomic E-state index is 12.4. The van der Waals surface area contributed by atoms with Crippen molar-refractivity contribution in [2.24, 2.45) is 11.7 Å². The van der Waals surface area contributed by atoms with Crippen LogP contribution in [-0.2, 0) is 6.18 Å². The van der Waals surface area contributed by atoms with Gasteiger partial charge in [-0.15, -0.1) is 0 Å². The third-order valence-corrected chi connectivity index (χ3v) is 3.62. The van der Waals surface area contributed by atoms with Crippen LogP contribution < -0.4 is 11.1 Å². The van der Waals surface area contributed by atoms with E-state index in [-0.39, 0.29) is 6.04 Å². The summed E-state index contributed by atoms with van der Waals surface area (Å²) in [6.45, 7) is 0.603. The van der Waals surface area contributed by atoms with E-state index < -0.39 is 11.9 Å². The Bertz CT molecular complexity index is 403. The molecule has 0 radical (unpaired) electrons. The van der Waals surface area contributed by atoms with Crippen LogP contribution in [0, 0.1) is 5.92 Å². The van der Waals surface area contributed by atoms with E-state index in [1.54, 1.807) is 0 Å². The standard InChI is InChI=1S/C13H18F3N3/c14-13(15,16)12-6-5-10(8-18-12)19-11-4-2-1-3-9(11)7-17/h5-6,8-9,11,19H,1-4,7,17H2. The van der Waals surface area contributed by atoms with Gasteiger partial charge in [0, 0.05) is 6.04 Å². The van der Waals surface area contributed by atoms with Crippen molar-refractivity contribution in [3.8, 4) is 0 Å². The fourth-order valence-electron chi connectivity index (χ4n) is 2.54. The van der Waals surface area contributed by atoms with E-state index in [0.717, 1.165) is 25.3 Å². The third-order valence-electron chi connectivity index (χ3n) is 3.62. The highest BCUT2D eigenvalue weighted by Crippen LogP contribution is 2.29. The van der Waals surface area contributed by atoms with Crippen molar-refractivity contribution in [2.45, 2.75) is 37.9 Å². The minimum atomic E-state index is -4.39. The number of halogens is 3. The number of hydrogen-bond acceptors (Lipinski definition) is 3. The van der Waals surface area contributed by atoms with E-state index in [4.69, 9.17) is 5.73 Å². The molecular weight excluding hydrogens is 255 g/mol. The SMILES string of the molecule is NCC1CCCCC1Nc1ccc(C(F)(F)F)nc1. The second-order valence-corrected chi connectivity index (χ2v) is 4.96. The fourth-order valence-corrected chi connectivity index (χ4v) is 2.54. The molecule has 1 aromatic rings. The van der Waals surface area contributed by atoms with Crippen LogP contribution in [0.3, 0.4) is 0 Å². The predicted octanol–water partition coefficient (Wildman–Crippen LogP) is 3.03. The Kier molecular flexibility index (Phi) is 4.29. The van der Waals surface area contributed by atoms with Gasteiger partial charge in [-0.3, -0.25) is 0 Å². The molecule has 2 atom stereocenters. The van der Waals surface area contributed by atoms with Crippen LogP contribution in [0.2, 0.25) is 0 Å². The van der Waals surface area contributed by atoms with Crippen LogP contribution in [0.25, 0.3) is 0 Å². The summed E-state index contributed by atoms with van der Waals surface area (Å²) in [7, 11) is 0. The first-order valence-corrected chi connectivity index (χ1v) is 6.50. The zero-order valence-corrected chi connectivity index (χ0v) is 10.6. The van der Waals surface area contributed by atoms with Crippen molar-refractivity contribution in [3.05, 3.63) is 24.0 Å². The lowest BCUT2D eigenvalue weighted by atomic mass is 9.84. The first-order chi connectivity index (χ1) is 9.00. The normalized spacial score (nSPS) is 24.2. The van der Waals surface area contributed by atoms with Gasteiger partial charge in [-0.05, 0) is 37.4 Å². The van der Waals surface area contributed by atoms with Crippen LogP contribution in [-0.4, -0.2) is 17.6 Å². The number of nitrogens with zero attached hydrogens (tertiary/aromatic N) is 1. The number of alkyl halides is 3. The molecule has 1 aliphatic carbocycles. The number of nitrogens with two attached hydrogens (primary N) is 1. The summed E-state index contributed by atoms with van der Waals surface area (Å²) in [4.78, 5) is 3.45. The molecule has 0 bridgehead atoms. The van der Waals surface area contributed by atoms with Gasteiger partial charge in [-0.25, -0.2) is 4.98 Å². The van der Waals surface area contributed by atoms with E-state index in [2.05, 4.69) is 10.3 Å². The molecule has 1 saturated carbocycles. The first-order valence-electron chi connectivity index (χ1n) is 6.50. The van der Waals surface area contributed by atoms with Gasteiger partial charge < -0.3 is 11.1 Å². The molecule has 1 aliphatic rings. The maximum Gasteiger partial charge on any atom is 0.433 e. The highest BCUT2D eigenvalue weighted by atomic mass is 19.4. The summed E-state index contributed by atoms with van der Waals surface area (Å²) in [5.41, 5.74) is 5.48. The molecule has 3 N–H and O–H groups in total. The van der Waals surface area contributed by atoms with Crippen molar-refractivity contribution < 1.29 is 13.2 Å². The summed E-state index contributed by atoms with van der Waals surface area (Å²) in [5.74, 6) is 0.385. The second kappa shape index (κ2) is 5.77.